The Balaban J connectivity index is 4.34. The third-order valence-electron chi connectivity index (χ3n) is 1.40. The summed E-state index contributed by atoms with van der Waals surface area (Å²) in [5.74, 6) is -2.84. The van der Waals surface area contributed by atoms with E-state index < -0.39 is 23.7 Å². The molecule has 0 rings (SSSR count). The fourth-order valence-corrected chi connectivity index (χ4v) is 0.795. The molecule has 0 aromatic heterocycles. The van der Waals surface area contributed by atoms with Gasteiger partial charge in [0, 0.05) is 12.6 Å². The lowest BCUT2D eigenvalue weighted by Crippen LogP contribution is -2.44. The number of rotatable bonds is 4. The van der Waals surface area contributed by atoms with Gasteiger partial charge in [-0.1, -0.05) is 0 Å². The molecule has 0 saturated carbocycles. The summed E-state index contributed by atoms with van der Waals surface area (Å²) in [5.41, 5.74) is 10.4. The summed E-state index contributed by atoms with van der Waals surface area (Å²) in [6, 6.07) is -0.787. The Labute approximate surface area is 64.4 Å². The Morgan fingerprint density at radius 3 is 2.09 bits per heavy atom. The number of Topliss-reactive ketones (excluding diaryl/α,β-unsaturated/α-hetero) is 1. The maximum atomic E-state index is 10.7. The summed E-state index contributed by atoms with van der Waals surface area (Å²) in [6.07, 6.45) is 0. The van der Waals surface area contributed by atoms with Crippen LogP contribution in [0.15, 0.2) is 0 Å². The second-order valence-electron chi connectivity index (χ2n) is 2.33. The Morgan fingerprint density at radius 2 is 2.00 bits per heavy atom. The fourth-order valence-electron chi connectivity index (χ4n) is 0.795. The zero-order valence-electron chi connectivity index (χ0n) is 6.28. The van der Waals surface area contributed by atoms with Gasteiger partial charge in [0.2, 0.25) is 0 Å². The lowest BCUT2D eigenvalue weighted by atomic mass is 9.97. The van der Waals surface area contributed by atoms with Gasteiger partial charge >= 0.3 is 5.97 Å². The van der Waals surface area contributed by atoms with E-state index in [1.807, 2.05) is 0 Å². The van der Waals surface area contributed by atoms with Crippen molar-refractivity contribution >= 4 is 11.8 Å². The average molecular weight is 160 g/mol. The van der Waals surface area contributed by atoms with Crippen molar-refractivity contribution in [1.82, 2.24) is 0 Å². The molecular formula is C6H12N2O3. The minimum atomic E-state index is -1.21. The van der Waals surface area contributed by atoms with E-state index in [1.54, 1.807) is 0 Å². The summed E-state index contributed by atoms with van der Waals surface area (Å²) in [5, 5.41) is 8.49. The number of carbonyl (C=O) groups is 2. The maximum absolute atomic E-state index is 10.7. The molecule has 5 nitrogen and oxygen atoms in total. The van der Waals surface area contributed by atoms with E-state index in [4.69, 9.17) is 16.6 Å². The number of carboxylic acids is 1. The molecular weight excluding hydrogens is 148 g/mol. The molecule has 0 aromatic rings. The van der Waals surface area contributed by atoms with E-state index in [0.29, 0.717) is 0 Å². The van der Waals surface area contributed by atoms with Crippen LogP contribution in [0.2, 0.25) is 0 Å². The normalized spacial score (nSPS) is 15.5. The van der Waals surface area contributed by atoms with Crippen molar-refractivity contribution in [3.63, 3.8) is 0 Å². The van der Waals surface area contributed by atoms with Crippen LogP contribution in [-0.2, 0) is 9.59 Å². The molecule has 0 bridgehead atoms. The highest BCUT2D eigenvalue weighted by Gasteiger charge is 2.28. The van der Waals surface area contributed by atoms with Crippen molar-refractivity contribution in [3.05, 3.63) is 0 Å². The molecule has 2 atom stereocenters. The van der Waals surface area contributed by atoms with E-state index in [-0.39, 0.29) is 6.54 Å². The second-order valence-corrected chi connectivity index (χ2v) is 2.33. The molecule has 0 spiro atoms. The van der Waals surface area contributed by atoms with Crippen LogP contribution in [0.25, 0.3) is 0 Å². The van der Waals surface area contributed by atoms with Crippen molar-refractivity contribution in [2.45, 2.75) is 13.0 Å². The van der Waals surface area contributed by atoms with Gasteiger partial charge in [-0.3, -0.25) is 9.59 Å². The van der Waals surface area contributed by atoms with E-state index in [1.165, 1.54) is 6.92 Å². The minimum Gasteiger partial charge on any atom is -0.481 e. The van der Waals surface area contributed by atoms with Gasteiger partial charge in [-0.15, -0.1) is 0 Å². The molecule has 0 radical (unpaired) electrons. The van der Waals surface area contributed by atoms with Gasteiger partial charge < -0.3 is 16.6 Å². The van der Waals surface area contributed by atoms with Gasteiger partial charge in [-0.25, -0.2) is 0 Å². The minimum absolute atomic E-state index is 0.00343. The smallest absolute Gasteiger partial charge is 0.315 e. The van der Waals surface area contributed by atoms with Gasteiger partial charge in [0.25, 0.3) is 0 Å². The van der Waals surface area contributed by atoms with E-state index in [0.717, 1.165) is 0 Å². The van der Waals surface area contributed by atoms with Crippen molar-refractivity contribution < 1.29 is 14.7 Å². The molecule has 64 valence electrons. The first-order valence-electron chi connectivity index (χ1n) is 3.19. The second kappa shape index (κ2) is 4.05. The number of hydrogen-bond donors (Lipinski definition) is 3. The Bertz CT molecular complexity index is 155. The summed E-state index contributed by atoms with van der Waals surface area (Å²) in [4.78, 5) is 21.1. The zero-order valence-corrected chi connectivity index (χ0v) is 6.28. The predicted molar refractivity (Wildman–Crippen MR) is 38.8 cm³/mol. The van der Waals surface area contributed by atoms with E-state index in [2.05, 4.69) is 0 Å². The Kier molecular flexibility index (Phi) is 3.70. The molecule has 11 heavy (non-hydrogen) atoms. The fraction of sp³-hybridized carbons (Fsp3) is 0.667. The summed E-state index contributed by atoms with van der Waals surface area (Å²) >= 11 is 0. The van der Waals surface area contributed by atoms with Gasteiger partial charge in [-0.2, -0.15) is 0 Å². The number of nitrogens with two attached hydrogens (primary N) is 2. The quantitative estimate of drug-likeness (QED) is 0.437. The van der Waals surface area contributed by atoms with Crippen LogP contribution in [0, 0.1) is 5.92 Å². The zero-order chi connectivity index (χ0) is 9.02. The van der Waals surface area contributed by atoms with Crippen LogP contribution >= 0.6 is 0 Å². The molecule has 0 aromatic carbocycles. The van der Waals surface area contributed by atoms with Crippen LogP contribution in [0.3, 0.4) is 0 Å². The maximum Gasteiger partial charge on any atom is 0.315 e. The molecule has 0 aliphatic rings. The van der Waals surface area contributed by atoms with Gasteiger partial charge in [0.15, 0.2) is 0 Å². The first-order valence-corrected chi connectivity index (χ1v) is 3.19. The molecule has 0 fully saturated rings. The predicted octanol–water partition coefficient (Wildman–Crippen LogP) is -1.44. The largest absolute Gasteiger partial charge is 0.481 e. The van der Waals surface area contributed by atoms with Crippen molar-refractivity contribution in [1.29, 1.82) is 0 Å². The van der Waals surface area contributed by atoms with Crippen LogP contribution in [0.1, 0.15) is 6.92 Å². The number of carbonyl (C=O) groups excluding carboxylic acids is 1. The average Bonchev–Trinajstić information content (AvgIpc) is 1.85. The van der Waals surface area contributed by atoms with E-state index in [9.17, 15) is 9.59 Å². The number of aliphatic carboxylic acids is 1. The number of ketones is 1. The van der Waals surface area contributed by atoms with Crippen molar-refractivity contribution in [3.8, 4) is 0 Å². The van der Waals surface area contributed by atoms with Gasteiger partial charge in [0.1, 0.15) is 11.7 Å². The van der Waals surface area contributed by atoms with Crippen molar-refractivity contribution in [2.24, 2.45) is 17.4 Å². The van der Waals surface area contributed by atoms with Crippen LogP contribution in [-0.4, -0.2) is 29.4 Å². The summed E-state index contributed by atoms with van der Waals surface area (Å²) in [7, 11) is 0. The Hall–Kier alpha value is -0.940. The van der Waals surface area contributed by atoms with Gasteiger partial charge in [-0.05, 0) is 6.92 Å². The van der Waals surface area contributed by atoms with Crippen LogP contribution in [0.4, 0.5) is 0 Å². The first kappa shape index (κ1) is 10.1. The summed E-state index contributed by atoms with van der Waals surface area (Å²) in [6.45, 7) is 1.19. The topological polar surface area (TPSA) is 106 Å². The standard InChI is InChI=1S/C6H12N2O3/c1-3(9)5(6(10)11)4(8)2-7/h4-5H,2,7-8H2,1H3,(H,10,11). The van der Waals surface area contributed by atoms with Crippen molar-refractivity contribution in [2.75, 3.05) is 6.54 Å². The highest BCUT2D eigenvalue weighted by Crippen LogP contribution is 2.02. The lowest BCUT2D eigenvalue weighted by Gasteiger charge is -2.14. The molecule has 2 unspecified atom stereocenters. The monoisotopic (exact) mass is 160 g/mol. The lowest BCUT2D eigenvalue weighted by molar-refractivity contribution is -0.146. The molecule has 5 heteroatoms. The molecule has 0 heterocycles. The van der Waals surface area contributed by atoms with Crippen LogP contribution in [0.5, 0.6) is 0 Å². The molecule has 0 amide bonds. The first-order chi connectivity index (χ1) is 5.00. The number of carboxylic acid groups (broad SMARTS) is 1. The summed E-state index contributed by atoms with van der Waals surface area (Å²) < 4.78 is 0. The molecule has 0 aliphatic heterocycles. The molecule has 5 N–H and O–H groups in total. The third-order valence-corrected chi connectivity index (χ3v) is 1.40. The van der Waals surface area contributed by atoms with Crippen LogP contribution < -0.4 is 11.5 Å². The SMILES string of the molecule is CC(=O)C(C(=O)O)C(N)CN. The molecule has 0 aliphatic carbocycles. The molecule has 0 saturated heterocycles. The highest BCUT2D eigenvalue weighted by molar-refractivity contribution is 5.97. The Morgan fingerprint density at radius 1 is 1.55 bits per heavy atom. The third kappa shape index (κ3) is 2.65. The highest BCUT2D eigenvalue weighted by atomic mass is 16.4. The number of hydrogen-bond acceptors (Lipinski definition) is 4. The van der Waals surface area contributed by atoms with E-state index >= 15 is 0 Å². The van der Waals surface area contributed by atoms with Gasteiger partial charge in [0.05, 0.1) is 0 Å².